The highest BCUT2D eigenvalue weighted by Gasteiger charge is 2.27. The van der Waals surface area contributed by atoms with Crippen molar-refractivity contribution in [2.45, 2.75) is 0 Å². The van der Waals surface area contributed by atoms with Crippen LogP contribution in [-0.2, 0) is 4.79 Å². The topological polar surface area (TPSA) is 58.8 Å². The molecule has 0 saturated carbocycles. The van der Waals surface area contributed by atoms with E-state index in [1.54, 1.807) is 17.0 Å². The fourth-order valence-electron chi connectivity index (χ4n) is 4.15. The van der Waals surface area contributed by atoms with Crippen LogP contribution in [0.15, 0.2) is 55.1 Å². The summed E-state index contributed by atoms with van der Waals surface area (Å²) in [5.74, 6) is -0.273. The van der Waals surface area contributed by atoms with Crippen LogP contribution in [0.25, 0.3) is 21.9 Å². The van der Waals surface area contributed by atoms with Crippen LogP contribution in [-0.4, -0.2) is 54.0 Å². The van der Waals surface area contributed by atoms with Crippen LogP contribution in [0.2, 0.25) is 5.02 Å². The fraction of sp³-hybridized carbons (Fsp3) is 0.200. The van der Waals surface area contributed by atoms with Crippen molar-refractivity contribution in [3.63, 3.8) is 0 Å². The number of fused-ring (bicyclic) bond motifs is 1. The van der Waals surface area contributed by atoms with Gasteiger partial charge in [-0.15, -0.1) is 0 Å². The lowest BCUT2D eigenvalue weighted by molar-refractivity contribution is -0.127. The maximum atomic E-state index is 15.8. The van der Waals surface area contributed by atoms with Crippen molar-refractivity contribution >= 4 is 51.2 Å². The Labute approximate surface area is 202 Å². The number of hydrogen-bond acceptors (Lipinski definition) is 4. The molecule has 2 N–H and O–H groups in total. The molecule has 1 heterocycles. The van der Waals surface area contributed by atoms with Gasteiger partial charge in [-0.05, 0) is 29.0 Å². The predicted octanol–water partition coefficient (Wildman–Crippen LogP) is 4.90. The van der Waals surface area contributed by atoms with Gasteiger partial charge < -0.3 is 20.3 Å². The van der Waals surface area contributed by atoms with Crippen molar-refractivity contribution < 1.29 is 13.9 Å². The minimum absolute atomic E-state index is 0.0704. The molecule has 0 atom stereocenters. The first-order valence-corrected chi connectivity index (χ1v) is 11.2. The van der Waals surface area contributed by atoms with Crippen LogP contribution < -0.4 is 10.5 Å². The van der Waals surface area contributed by atoms with Gasteiger partial charge in [0.25, 0.3) is 0 Å². The molecule has 0 bridgehead atoms. The number of nitrogen functional groups attached to an aromatic ring is 1. The van der Waals surface area contributed by atoms with E-state index in [1.807, 2.05) is 35.2 Å². The van der Waals surface area contributed by atoms with E-state index in [-0.39, 0.29) is 22.2 Å². The average molecular weight is 484 g/mol. The summed E-state index contributed by atoms with van der Waals surface area (Å²) >= 11 is 12.3. The number of hydrogen-bond donors (Lipinski definition) is 1. The molecule has 1 aliphatic rings. The largest absolute Gasteiger partial charge is 0.496 e. The molecule has 0 spiro atoms. The zero-order valence-electron chi connectivity index (χ0n) is 18.1. The van der Waals surface area contributed by atoms with Crippen molar-refractivity contribution in [1.82, 2.24) is 9.80 Å². The number of methoxy groups -OCH3 is 1. The third-order valence-electron chi connectivity index (χ3n) is 5.90. The Balaban J connectivity index is 1.74. The minimum atomic E-state index is -0.644. The number of thiocarbonyl (C=S) groups is 1. The zero-order chi connectivity index (χ0) is 23.7. The van der Waals surface area contributed by atoms with Gasteiger partial charge in [-0.2, -0.15) is 0 Å². The Morgan fingerprint density at radius 3 is 2.48 bits per heavy atom. The SMILES string of the molecule is C=CC(=O)N1CCN(C(=S)c2cc(Cl)c(-c3c(OC)ccc4ccccc34)c(F)c2N)CC1. The normalized spacial score (nSPS) is 13.8. The summed E-state index contributed by atoms with van der Waals surface area (Å²) in [6, 6.07) is 12.9. The first-order chi connectivity index (χ1) is 15.9. The summed E-state index contributed by atoms with van der Waals surface area (Å²) in [6.45, 7) is 5.53. The molecule has 0 unspecified atom stereocenters. The van der Waals surface area contributed by atoms with Gasteiger partial charge >= 0.3 is 0 Å². The molecule has 8 heteroatoms. The fourth-order valence-corrected chi connectivity index (χ4v) is 4.79. The molecule has 1 amide bonds. The monoisotopic (exact) mass is 483 g/mol. The van der Waals surface area contributed by atoms with E-state index in [1.165, 1.54) is 13.2 Å². The summed E-state index contributed by atoms with van der Waals surface area (Å²) in [7, 11) is 1.53. The Morgan fingerprint density at radius 2 is 1.82 bits per heavy atom. The number of carbonyl (C=O) groups is 1. The smallest absolute Gasteiger partial charge is 0.246 e. The van der Waals surface area contributed by atoms with Crippen LogP contribution in [0.5, 0.6) is 5.75 Å². The van der Waals surface area contributed by atoms with Crippen molar-refractivity contribution in [1.29, 1.82) is 0 Å². The van der Waals surface area contributed by atoms with E-state index in [9.17, 15) is 4.79 Å². The first kappa shape index (κ1) is 23.0. The highest BCUT2D eigenvalue weighted by Crippen LogP contribution is 2.44. The van der Waals surface area contributed by atoms with E-state index in [4.69, 9.17) is 34.3 Å². The van der Waals surface area contributed by atoms with E-state index in [0.29, 0.717) is 48.0 Å². The standard InChI is InChI=1S/C25H23ClFN3O2S/c1-3-20(31)29-10-12-30(13-11-29)25(33)17-14-18(26)22(23(27)24(17)28)21-16-7-5-4-6-15(16)8-9-19(21)32-2/h3-9,14H,1,10-13,28H2,2H3. The summed E-state index contributed by atoms with van der Waals surface area (Å²) in [5, 5.41) is 1.92. The van der Waals surface area contributed by atoms with Crippen LogP contribution in [0.3, 0.4) is 0 Å². The summed E-state index contributed by atoms with van der Waals surface area (Å²) in [6.07, 6.45) is 1.29. The van der Waals surface area contributed by atoms with Gasteiger partial charge in [0.15, 0.2) is 5.82 Å². The highest BCUT2D eigenvalue weighted by molar-refractivity contribution is 7.80. The minimum Gasteiger partial charge on any atom is -0.496 e. The quantitative estimate of drug-likeness (QED) is 0.325. The van der Waals surface area contributed by atoms with E-state index < -0.39 is 5.82 Å². The van der Waals surface area contributed by atoms with Gasteiger partial charge in [0.2, 0.25) is 5.91 Å². The molecule has 170 valence electrons. The Kier molecular flexibility index (Phi) is 6.54. The molecule has 4 rings (SSSR count). The third kappa shape index (κ3) is 4.14. The molecule has 0 aliphatic carbocycles. The zero-order valence-corrected chi connectivity index (χ0v) is 19.7. The van der Waals surface area contributed by atoms with Crippen molar-refractivity contribution in [2.24, 2.45) is 0 Å². The number of benzene rings is 3. The summed E-state index contributed by atoms with van der Waals surface area (Å²) in [4.78, 5) is 15.8. The van der Waals surface area contributed by atoms with E-state index in [2.05, 4.69) is 6.58 Å². The first-order valence-electron chi connectivity index (χ1n) is 10.4. The number of piperazine rings is 1. The lowest BCUT2D eigenvalue weighted by atomic mass is 9.94. The number of nitrogens with two attached hydrogens (primary N) is 1. The number of rotatable bonds is 4. The van der Waals surface area contributed by atoms with Gasteiger partial charge in [0, 0.05) is 42.9 Å². The Hall–Kier alpha value is -3.16. The van der Waals surface area contributed by atoms with Crippen LogP contribution in [0.1, 0.15) is 5.56 Å². The van der Waals surface area contributed by atoms with Gasteiger partial charge in [-0.25, -0.2) is 4.39 Å². The highest BCUT2D eigenvalue weighted by atomic mass is 35.5. The van der Waals surface area contributed by atoms with Crippen molar-refractivity contribution in [3.05, 3.63) is 71.5 Å². The van der Waals surface area contributed by atoms with Gasteiger partial charge in [0.1, 0.15) is 10.7 Å². The second kappa shape index (κ2) is 9.37. The number of halogens is 2. The van der Waals surface area contributed by atoms with Crippen LogP contribution in [0, 0.1) is 5.82 Å². The summed E-state index contributed by atoms with van der Waals surface area (Å²) < 4.78 is 21.3. The maximum absolute atomic E-state index is 15.8. The Morgan fingerprint density at radius 1 is 1.15 bits per heavy atom. The molecule has 1 aliphatic heterocycles. The lowest BCUT2D eigenvalue weighted by Gasteiger charge is -2.36. The molecular weight excluding hydrogens is 461 g/mol. The molecule has 33 heavy (non-hydrogen) atoms. The molecule has 3 aromatic rings. The molecule has 0 radical (unpaired) electrons. The van der Waals surface area contributed by atoms with Crippen molar-refractivity contribution in [2.75, 3.05) is 39.0 Å². The Bertz CT molecular complexity index is 1270. The second-order valence-corrected chi connectivity index (χ2v) is 8.49. The number of nitrogens with zero attached hydrogens (tertiary/aromatic N) is 2. The second-order valence-electron chi connectivity index (χ2n) is 7.69. The van der Waals surface area contributed by atoms with Crippen LogP contribution >= 0.6 is 23.8 Å². The molecule has 1 saturated heterocycles. The molecule has 0 aromatic heterocycles. The molecule has 1 fully saturated rings. The average Bonchev–Trinajstić information content (AvgIpc) is 2.85. The number of anilines is 1. The van der Waals surface area contributed by atoms with E-state index in [0.717, 1.165) is 10.8 Å². The predicted molar refractivity (Wildman–Crippen MR) is 135 cm³/mol. The van der Waals surface area contributed by atoms with Crippen LogP contribution in [0.4, 0.5) is 10.1 Å². The lowest BCUT2D eigenvalue weighted by Crippen LogP contribution is -2.50. The third-order valence-corrected chi connectivity index (χ3v) is 6.68. The molecular formula is C25H23ClFN3O2S. The number of ether oxygens (including phenoxy) is 1. The number of amides is 1. The van der Waals surface area contributed by atoms with Crippen molar-refractivity contribution in [3.8, 4) is 16.9 Å². The number of carbonyl (C=O) groups excluding carboxylic acids is 1. The maximum Gasteiger partial charge on any atom is 0.246 e. The summed E-state index contributed by atoms with van der Waals surface area (Å²) in [5.41, 5.74) is 7.27. The van der Waals surface area contributed by atoms with Gasteiger partial charge in [-0.1, -0.05) is 60.7 Å². The molecule has 5 nitrogen and oxygen atoms in total. The molecule has 3 aromatic carbocycles. The van der Waals surface area contributed by atoms with Gasteiger partial charge in [0.05, 0.1) is 17.8 Å². The van der Waals surface area contributed by atoms with Gasteiger partial charge in [-0.3, -0.25) is 4.79 Å². The van der Waals surface area contributed by atoms with E-state index >= 15 is 4.39 Å².